The fourth-order valence-corrected chi connectivity index (χ4v) is 3.61. The van der Waals surface area contributed by atoms with Crippen molar-refractivity contribution in [3.05, 3.63) is 83.4 Å². The van der Waals surface area contributed by atoms with Crippen LogP contribution in [0.2, 0.25) is 0 Å². The number of para-hydroxylation sites is 1. The van der Waals surface area contributed by atoms with E-state index in [1.54, 1.807) is 17.0 Å². The SMILES string of the molecule is O=C1c2ccccc2N[C@@H](c2ccc(O)cc2)N1Cc1ccc2c(c1)OCO2. The number of nitrogens with one attached hydrogen (secondary N) is 1. The predicted molar refractivity (Wildman–Crippen MR) is 103 cm³/mol. The van der Waals surface area contributed by atoms with Crippen LogP contribution in [0.4, 0.5) is 5.69 Å². The van der Waals surface area contributed by atoms with E-state index in [1.165, 1.54) is 0 Å². The van der Waals surface area contributed by atoms with E-state index in [0.29, 0.717) is 23.6 Å². The molecule has 2 aliphatic heterocycles. The average Bonchev–Trinajstić information content (AvgIpc) is 3.18. The first-order valence-corrected chi connectivity index (χ1v) is 9.03. The van der Waals surface area contributed by atoms with Crippen LogP contribution in [0.3, 0.4) is 0 Å². The standard InChI is InChI=1S/C22H18N2O4/c25-16-8-6-15(7-9-16)21-23-18-4-2-1-3-17(18)22(26)24(21)12-14-5-10-19-20(11-14)28-13-27-19/h1-11,21,23,25H,12-13H2/t21-/m1/s1. The number of fused-ring (bicyclic) bond motifs is 2. The second-order valence-corrected chi connectivity index (χ2v) is 6.80. The molecule has 0 unspecified atom stereocenters. The Morgan fingerprint density at radius 2 is 1.79 bits per heavy atom. The summed E-state index contributed by atoms with van der Waals surface area (Å²) < 4.78 is 10.8. The molecular formula is C22H18N2O4. The molecule has 0 saturated carbocycles. The summed E-state index contributed by atoms with van der Waals surface area (Å²) in [6.45, 7) is 0.620. The van der Waals surface area contributed by atoms with Gasteiger partial charge in [0.15, 0.2) is 11.5 Å². The predicted octanol–water partition coefficient (Wildman–Crippen LogP) is 3.89. The van der Waals surface area contributed by atoms with Gasteiger partial charge in [-0.3, -0.25) is 4.79 Å². The van der Waals surface area contributed by atoms with Gasteiger partial charge < -0.3 is 24.8 Å². The Labute approximate surface area is 161 Å². The van der Waals surface area contributed by atoms with Crippen LogP contribution in [0.25, 0.3) is 0 Å². The molecule has 0 aliphatic carbocycles. The Balaban J connectivity index is 1.53. The lowest BCUT2D eigenvalue weighted by Crippen LogP contribution is -2.42. The number of aromatic hydroxyl groups is 1. The maximum atomic E-state index is 13.3. The first-order chi connectivity index (χ1) is 13.7. The van der Waals surface area contributed by atoms with E-state index in [4.69, 9.17) is 9.47 Å². The van der Waals surface area contributed by atoms with Crippen molar-refractivity contribution in [3.63, 3.8) is 0 Å². The lowest BCUT2D eigenvalue weighted by Gasteiger charge is -2.38. The molecule has 6 nitrogen and oxygen atoms in total. The van der Waals surface area contributed by atoms with E-state index in [1.807, 2.05) is 54.6 Å². The zero-order valence-electron chi connectivity index (χ0n) is 15.0. The molecule has 140 valence electrons. The molecule has 28 heavy (non-hydrogen) atoms. The summed E-state index contributed by atoms with van der Waals surface area (Å²) >= 11 is 0. The molecule has 2 heterocycles. The molecule has 1 amide bonds. The zero-order valence-corrected chi connectivity index (χ0v) is 15.0. The van der Waals surface area contributed by atoms with E-state index in [-0.39, 0.29) is 24.6 Å². The number of anilines is 1. The van der Waals surface area contributed by atoms with Gasteiger partial charge in [-0.15, -0.1) is 0 Å². The number of carbonyl (C=O) groups excluding carboxylic acids is 1. The van der Waals surface area contributed by atoms with Crippen molar-refractivity contribution in [1.82, 2.24) is 4.90 Å². The van der Waals surface area contributed by atoms with Gasteiger partial charge in [-0.2, -0.15) is 0 Å². The number of carbonyl (C=O) groups is 1. The number of phenolic OH excluding ortho intramolecular Hbond substituents is 1. The van der Waals surface area contributed by atoms with Crippen molar-refractivity contribution in [3.8, 4) is 17.2 Å². The van der Waals surface area contributed by atoms with Gasteiger partial charge in [0.25, 0.3) is 5.91 Å². The monoisotopic (exact) mass is 374 g/mol. The van der Waals surface area contributed by atoms with Gasteiger partial charge in [0.05, 0.1) is 5.56 Å². The third-order valence-electron chi connectivity index (χ3n) is 5.02. The Morgan fingerprint density at radius 3 is 2.64 bits per heavy atom. The average molecular weight is 374 g/mol. The number of nitrogens with zero attached hydrogens (tertiary/aromatic N) is 1. The highest BCUT2D eigenvalue weighted by atomic mass is 16.7. The molecule has 0 bridgehead atoms. The Kier molecular flexibility index (Phi) is 3.83. The quantitative estimate of drug-likeness (QED) is 0.728. The molecule has 0 aromatic heterocycles. The minimum Gasteiger partial charge on any atom is -0.508 e. The van der Waals surface area contributed by atoms with Crippen LogP contribution in [0.5, 0.6) is 17.2 Å². The topological polar surface area (TPSA) is 71.0 Å². The summed E-state index contributed by atoms with van der Waals surface area (Å²) in [5, 5.41) is 13.1. The highest BCUT2D eigenvalue weighted by Crippen LogP contribution is 2.37. The van der Waals surface area contributed by atoms with Crippen LogP contribution < -0.4 is 14.8 Å². The molecule has 5 rings (SSSR count). The van der Waals surface area contributed by atoms with Crippen LogP contribution in [0.15, 0.2) is 66.7 Å². The van der Waals surface area contributed by atoms with E-state index in [9.17, 15) is 9.90 Å². The summed E-state index contributed by atoms with van der Waals surface area (Å²) in [6.07, 6.45) is -0.353. The van der Waals surface area contributed by atoms with Crippen molar-refractivity contribution in [2.75, 3.05) is 12.1 Å². The van der Waals surface area contributed by atoms with E-state index in [2.05, 4.69) is 5.32 Å². The molecule has 0 saturated heterocycles. The summed E-state index contributed by atoms with van der Waals surface area (Å²) in [5.41, 5.74) is 3.27. The van der Waals surface area contributed by atoms with Crippen LogP contribution in [-0.2, 0) is 6.54 Å². The molecule has 2 N–H and O–H groups in total. The molecule has 1 atom stereocenters. The van der Waals surface area contributed by atoms with Gasteiger partial charge in [-0.25, -0.2) is 0 Å². The minimum absolute atomic E-state index is 0.0508. The first-order valence-electron chi connectivity index (χ1n) is 9.03. The summed E-state index contributed by atoms with van der Waals surface area (Å²) in [4.78, 5) is 15.1. The second-order valence-electron chi connectivity index (χ2n) is 6.80. The van der Waals surface area contributed by atoms with Crippen LogP contribution in [0, 0.1) is 0 Å². The maximum Gasteiger partial charge on any atom is 0.258 e. The number of phenols is 1. The third-order valence-corrected chi connectivity index (χ3v) is 5.02. The molecule has 3 aromatic carbocycles. The van der Waals surface area contributed by atoms with Crippen molar-refractivity contribution in [1.29, 1.82) is 0 Å². The zero-order chi connectivity index (χ0) is 19.1. The van der Waals surface area contributed by atoms with Crippen LogP contribution >= 0.6 is 0 Å². The largest absolute Gasteiger partial charge is 0.508 e. The second kappa shape index (κ2) is 6.49. The molecule has 6 heteroatoms. The third kappa shape index (κ3) is 2.79. The van der Waals surface area contributed by atoms with Gasteiger partial charge in [-0.1, -0.05) is 30.3 Å². The van der Waals surface area contributed by atoms with Crippen LogP contribution in [0.1, 0.15) is 27.7 Å². The van der Waals surface area contributed by atoms with Crippen molar-refractivity contribution in [2.45, 2.75) is 12.7 Å². The van der Waals surface area contributed by atoms with E-state index in [0.717, 1.165) is 16.8 Å². The number of amides is 1. The summed E-state index contributed by atoms with van der Waals surface area (Å²) in [6, 6.07) is 20.1. The van der Waals surface area contributed by atoms with Gasteiger partial charge in [-0.05, 0) is 47.5 Å². The van der Waals surface area contributed by atoms with Crippen molar-refractivity contribution >= 4 is 11.6 Å². The Morgan fingerprint density at radius 1 is 1.00 bits per heavy atom. The van der Waals surface area contributed by atoms with Gasteiger partial charge in [0.1, 0.15) is 11.9 Å². The number of hydrogen-bond acceptors (Lipinski definition) is 5. The highest BCUT2D eigenvalue weighted by Gasteiger charge is 2.33. The molecular weight excluding hydrogens is 356 g/mol. The number of ether oxygens (including phenoxy) is 2. The molecule has 0 fully saturated rings. The fraction of sp³-hybridized carbons (Fsp3) is 0.136. The number of benzene rings is 3. The van der Waals surface area contributed by atoms with Gasteiger partial charge >= 0.3 is 0 Å². The Hall–Kier alpha value is -3.67. The molecule has 3 aromatic rings. The number of hydrogen-bond donors (Lipinski definition) is 2. The number of rotatable bonds is 3. The Bertz CT molecular complexity index is 1050. The summed E-state index contributed by atoms with van der Waals surface area (Å²) in [5.74, 6) is 1.54. The van der Waals surface area contributed by atoms with Gasteiger partial charge in [0.2, 0.25) is 6.79 Å². The molecule has 2 aliphatic rings. The lowest BCUT2D eigenvalue weighted by atomic mass is 10.0. The lowest BCUT2D eigenvalue weighted by molar-refractivity contribution is 0.0666. The summed E-state index contributed by atoms with van der Waals surface area (Å²) in [7, 11) is 0. The van der Waals surface area contributed by atoms with Gasteiger partial charge in [0, 0.05) is 12.2 Å². The molecule has 0 radical (unpaired) electrons. The first kappa shape index (κ1) is 16.5. The van der Waals surface area contributed by atoms with E-state index >= 15 is 0 Å². The minimum atomic E-state index is -0.353. The molecule has 0 spiro atoms. The van der Waals surface area contributed by atoms with Crippen LogP contribution in [-0.4, -0.2) is 22.7 Å². The van der Waals surface area contributed by atoms with E-state index < -0.39 is 0 Å². The van der Waals surface area contributed by atoms with Crippen molar-refractivity contribution in [2.24, 2.45) is 0 Å². The fourth-order valence-electron chi connectivity index (χ4n) is 3.61. The van der Waals surface area contributed by atoms with Crippen molar-refractivity contribution < 1.29 is 19.4 Å². The normalized spacial score (nSPS) is 17.2. The maximum absolute atomic E-state index is 13.3. The smallest absolute Gasteiger partial charge is 0.258 e. The highest BCUT2D eigenvalue weighted by molar-refractivity contribution is 6.01.